The normalized spacial score (nSPS) is 15.9. The van der Waals surface area contributed by atoms with Crippen molar-refractivity contribution in [3.05, 3.63) is 98.9 Å². The van der Waals surface area contributed by atoms with Crippen LogP contribution in [0.2, 0.25) is 0 Å². The summed E-state index contributed by atoms with van der Waals surface area (Å²) < 4.78 is 4.41. The van der Waals surface area contributed by atoms with Crippen LogP contribution in [0.4, 0.5) is 5.95 Å². The highest BCUT2D eigenvalue weighted by Gasteiger charge is 2.25. The summed E-state index contributed by atoms with van der Waals surface area (Å²) in [6.07, 6.45) is 2.27. The lowest BCUT2D eigenvalue weighted by Crippen LogP contribution is -2.19. The van der Waals surface area contributed by atoms with Gasteiger partial charge in [0.2, 0.25) is 5.95 Å². The lowest BCUT2D eigenvalue weighted by molar-refractivity contribution is 0.720. The van der Waals surface area contributed by atoms with Crippen LogP contribution in [0.25, 0.3) is 16.7 Å². The molecule has 0 saturated carbocycles. The van der Waals surface area contributed by atoms with Crippen molar-refractivity contribution in [1.29, 1.82) is 0 Å². The molecule has 0 amide bonds. The summed E-state index contributed by atoms with van der Waals surface area (Å²) >= 11 is 7.05. The van der Waals surface area contributed by atoms with E-state index in [1.54, 1.807) is 0 Å². The molecule has 0 unspecified atom stereocenters. The minimum atomic E-state index is 0.0698. The molecular weight excluding hydrogens is 466 g/mol. The van der Waals surface area contributed by atoms with Crippen LogP contribution in [-0.2, 0) is 0 Å². The highest BCUT2D eigenvalue weighted by molar-refractivity contribution is 9.10. The first-order chi connectivity index (χ1) is 13.2. The minimum absolute atomic E-state index is 0.0698. The molecule has 3 nitrogen and oxygen atoms in total. The number of hydrogen-bond donors (Lipinski definition) is 1. The van der Waals surface area contributed by atoms with Crippen molar-refractivity contribution in [2.45, 2.75) is 6.04 Å². The van der Waals surface area contributed by atoms with E-state index in [1.165, 1.54) is 5.56 Å². The smallest absolute Gasteiger partial charge is 0.209 e. The average Bonchev–Trinajstić information content (AvgIpc) is 3.07. The number of halogens is 2. The second-order valence-electron chi connectivity index (χ2n) is 6.50. The Hall–Kier alpha value is -2.37. The summed E-state index contributed by atoms with van der Waals surface area (Å²) in [6.45, 7) is 0. The van der Waals surface area contributed by atoms with Gasteiger partial charge in [0.25, 0.3) is 0 Å². The number of benzene rings is 3. The van der Waals surface area contributed by atoms with Gasteiger partial charge in [0.05, 0.1) is 17.1 Å². The van der Waals surface area contributed by atoms with Crippen molar-refractivity contribution in [3.63, 3.8) is 0 Å². The maximum Gasteiger partial charge on any atom is 0.209 e. The van der Waals surface area contributed by atoms with E-state index >= 15 is 0 Å². The minimum Gasteiger partial charge on any atom is -0.325 e. The number of anilines is 1. The van der Waals surface area contributed by atoms with Gasteiger partial charge in [-0.15, -0.1) is 0 Å². The number of allylic oxidation sites excluding steroid dienone is 1. The summed E-state index contributed by atoms with van der Waals surface area (Å²) in [4.78, 5) is 4.83. The van der Waals surface area contributed by atoms with Gasteiger partial charge >= 0.3 is 0 Å². The number of fused-ring (bicyclic) bond motifs is 3. The van der Waals surface area contributed by atoms with E-state index in [1.807, 2.05) is 6.07 Å². The van der Waals surface area contributed by atoms with Gasteiger partial charge in [-0.1, -0.05) is 68.3 Å². The zero-order valence-corrected chi connectivity index (χ0v) is 17.4. The third-order valence-electron chi connectivity index (χ3n) is 4.81. The van der Waals surface area contributed by atoms with Gasteiger partial charge in [0, 0.05) is 14.6 Å². The Balaban J connectivity index is 1.71. The molecule has 3 aromatic carbocycles. The predicted octanol–water partition coefficient (Wildman–Crippen LogP) is 6.62. The monoisotopic (exact) mass is 479 g/mol. The molecule has 2 heterocycles. The second-order valence-corrected chi connectivity index (χ2v) is 8.33. The number of nitrogens with one attached hydrogen (secondary N) is 1. The standard InChI is InChI=1S/C22H15Br2N3/c23-16-9-5-14(6-10-16)19-13-21(15-7-11-17(24)12-8-15)27-20-4-2-1-3-18(20)25-22(27)26-19/h1-13,21H,(H,25,26)/t21-/m1/s1. The van der Waals surface area contributed by atoms with Crippen molar-refractivity contribution in [2.24, 2.45) is 0 Å². The zero-order chi connectivity index (χ0) is 18.4. The molecule has 1 aromatic heterocycles. The fourth-order valence-corrected chi connectivity index (χ4v) is 4.04. The number of aromatic nitrogens is 2. The Kier molecular flexibility index (Phi) is 4.14. The predicted molar refractivity (Wildman–Crippen MR) is 118 cm³/mol. The Labute approximate surface area is 174 Å². The first kappa shape index (κ1) is 16.8. The van der Waals surface area contributed by atoms with Crippen LogP contribution in [0.3, 0.4) is 0 Å². The van der Waals surface area contributed by atoms with Gasteiger partial charge in [-0.25, -0.2) is 4.98 Å². The molecule has 1 atom stereocenters. The SMILES string of the molecule is Brc1ccc(C2=C[C@H](c3ccc(Br)cc3)n3c(nc4ccccc43)N2)cc1. The molecule has 0 radical (unpaired) electrons. The van der Waals surface area contributed by atoms with Gasteiger partial charge in [-0.3, -0.25) is 4.57 Å². The number of hydrogen-bond acceptors (Lipinski definition) is 2. The molecule has 5 heteroatoms. The van der Waals surface area contributed by atoms with Crippen molar-refractivity contribution in [3.8, 4) is 0 Å². The highest BCUT2D eigenvalue weighted by atomic mass is 79.9. The zero-order valence-electron chi connectivity index (χ0n) is 14.2. The van der Waals surface area contributed by atoms with Crippen LogP contribution in [-0.4, -0.2) is 9.55 Å². The van der Waals surface area contributed by atoms with Crippen molar-refractivity contribution >= 4 is 54.5 Å². The molecule has 5 rings (SSSR count). The largest absolute Gasteiger partial charge is 0.325 e. The molecule has 0 spiro atoms. The van der Waals surface area contributed by atoms with Gasteiger partial charge < -0.3 is 5.32 Å². The molecule has 1 aliphatic heterocycles. The first-order valence-corrected chi connectivity index (χ1v) is 10.2. The van der Waals surface area contributed by atoms with Crippen molar-refractivity contribution < 1.29 is 0 Å². The van der Waals surface area contributed by atoms with Crippen LogP contribution < -0.4 is 5.32 Å². The van der Waals surface area contributed by atoms with Crippen LogP contribution in [0.1, 0.15) is 17.2 Å². The molecule has 1 N–H and O–H groups in total. The summed E-state index contributed by atoms with van der Waals surface area (Å²) in [5, 5.41) is 3.52. The topological polar surface area (TPSA) is 29.9 Å². The third kappa shape index (κ3) is 3.01. The maximum atomic E-state index is 4.83. The van der Waals surface area contributed by atoms with E-state index in [9.17, 15) is 0 Å². The van der Waals surface area contributed by atoms with E-state index in [4.69, 9.17) is 4.98 Å². The molecule has 0 fully saturated rings. The molecule has 27 heavy (non-hydrogen) atoms. The number of para-hydroxylation sites is 2. The number of imidazole rings is 1. The van der Waals surface area contributed by atoms with Crippen LogP contribution in [0.5, 0.6) is 0 Å². The van der Waals surface area contributed by atoms with Crippen LogP contribution in [0, 0.1) is 0 Å². The summed E-state index contributed by atoms with van der Waals surface area (Å²) in [6, 6.07) is 25.2. The van der Waals surface area contributed by atoms with E-state index in [-0.39, 0.29) is 6.04 Å². The van der Waals surface area contributed by atoms with Gasteiger partial charge in [0.15, 0.2) is 0 Å². The number of nitrogens with zero attached hydrogens (tertiary/aromatic N) is 2. The Morgan fingerprint density at radius 2 is 1.48 bits per heavy atom. The van der Waals surface area contributed by atoms with E-state index in [2.05, 4.69) is 115 Å². The molecule has 0 aliphatic carbocycles. The van der Waals surface area contributed by atoms with Crippen molar-refractivity contribution in [1.82, 2.24) is 9.55 Å². The Bertz CT molecular complexity index is 1160. The summed E-state index contributed by atoms with van der Waals surface area (Å²) in [5.74, 6) is 0.865. The van der Waals surface area contributed by atoms with E-state index in [0.29, 0.717) is 0 Å². The molecule has 0 bridgehead atoms. The molecule has 1 aliphatic rings. The quantitative estimate of drug-likeness (QED) is 0.349. The molecule has 4 aromatic rings. The van der Waals surface area contributed by atoms with Gasteiger partial charge in [-0.2, -0.15) is 0 Å². The maximum absolute atomic E-state index is 4.83. The van der Waals surface area contributed by atoms with E-state index < -0.39 is 0 Å². The lowest BCUT2D eigenvalue weighted by atomic mass is 10.0. The van der Waals surface area contributed by atoms with Crippen LogP contribution in [0.15, 0.2) is 87.8 Å². The van der Waals surface area contributed by atoms with Crippen LogP contribution >= 0.6 is 31.9 Å². The second kappa shape index (κ2) is 6.66. The molecule has 132 valence electrons. The first-order valence-electron chi connectivity index (χ1n) is 8.66. The molecule has 0 saturated heterocycles. The Morgan fingerprint density at radius 3 is 2.22 bits per heavy atom. The third-order valence-corrected chi connectivity index (χ3v) is 5.87. The average molecular weight is 481 g/mol. The fourth-order valence-electron chi connectivity index (χ4n) is 3.51. The summed E-state index contributed by atoms with van der Waals surface area (Å²) in [5.41, 5.74) is 5.54. The highest BCUT2D eigenvalue weighted by Crippen LogP contribution is 2.37. The van der Waals surface area contributed by atoms with E-state index in [0.717, 1.165) is 37.2 Å². The number of rotatable bonds is 2. The summed E-state index contributed by atoms with van der Waals surface area (Å²) in [7, 11) is 0. The van der Waals surface area contributed by atoms with Gasteiger partial charge in [0.1, 0.15) is 0 Å². The van der Waals surface area contributed by atoms with Crippen molar-refractivity contribution in [2.75, 3.05) is 5.32 Å². The molecular formula is C22H15Br2N3. The Morgan fingerprint density at radius 1 is 0.815 bits per heavy atom. The van der Waals surface area contributed by atoms with Gasteiger partial charge in [-0.05, 0) is 53.6 Å². The fraction of sp³-hybridized carbons (Fsp3) is 0.0455. The lowest BCUT2D eigenvalue weighted by Gasteiger charge is -2.26.